The monoisotopic (exact) mass is 444 g/mol. The van der Waals surface area contributed by atoms with Crippen molar-refractivity contribution in [3.05, 3.63) is 48.0 Å². The predicted octanol–water partition coefficient (Wildman–Crippen LogP) is 4.37. The minimum Gasteiger partial charge on any atom is -0.431 e. The van der Waals surface area contributed by atoms with Crippen LogP contribution in [-0.4, -0.2) is 30.8 Å². The summed E-state index contributed by atoms with van der Waals surface area (Å²) in [7, 11) is -3.40. The number of alkyl halides is 3. The van der Waals surface area contributed by atoms with E-state index in [0.717, 1.165) is 17.8 Å². The van der Waals surface area contributed by atoms with Gasteiger partial charge in [0, 0.05) is 0 Å². The van der Waals surface area contributed by atoms with Crippen LogP contribution in [0, 0.1) is 0 Å². The number of thioether (sulfide) groups is 1. The third-order valence-electron chi connectivity index (χ3n) is 3.91. The molecule has 0 spiro atoms. The van der Waals surface area contributed by atoms with Crippen molar-refractivity contribution in [1.82, 2.24) is 4.98 Å². The SMILES string of the molecule is CCS(=O)(=O)c1ccc2oc(SCC(=O)Nc3ccccc3C(F)(F)F)nc2c1. The van der Waals surface area contributed by atoms with Crippen molar-refractivity contribution in [3.63, 3.8) is 0 Å². The van der Waals surface area contributed by atoms with E-state index in [1.165, 1.54) is 43.3 Å². The van der Waals surface area contributed by atoms with Crippen molar-refractivity contribution in [2.24, 2.45) is 0 Å². The maximum Gasteiger partial charge on any atom is 0.418 e. The Labute approximate surface area is 168 Å². The van der Waals surface area contributed by atoms with Crippen LogP contribution in [0.25, 0.3) is 11.1 Å². The fourth-order valence-corrected chi connectivity index (χ4v) is 4.00. The molecule has 154 valence electrons. The molecular weight excluding hydrogens is 429 g/mol. The number of para-hydroxylation sites is 1. The molecule has 1 heterocycles. The Morgan fingerprint density at radius 3 is 2.62 bits per heavy atom. The number of aromatic nitrogens is 1. The molecule has 0 aliphatic rings. The molecule has 0 aliphatic heterocycles. The molecule has 2 aromatic carbocycles. The Balaban J connectivity index is 1.70. The summed E-state index contributed by atoms with van der Waals surface area (Å²) in [6, 6.07) is 8.92. The predicted molar refractivity (Wildman–Crippen MR) is 103 cm³/mol. The van der Waals surface area contributed by atoms with Crippen molar-refractivity contribution >= 4 is 44.3 Å². The maximum absolute atomic E-state index is 13.0. The van der Waals surface area contributed by atoms with Crippen molar-refractivity contribution in [3.8, 4) is 0 Å². The number of amides is 1. The van der Waals surface area contributed by atoms with E-state index >= 15 is 0 Å². The highest BCUT2D eigenvalue weighted by Crippen LogP contribution is 2.34. The first-order valence-electron chi connectivity index (χ1n) is 8.32. The summed E-state index contributed by atoms with van der Waals surface area (Å²) in [6.07, 6.45) is -4.59. The Hall–Kier alpha value is -2.53. The van der Waals surface area contributed by atoms with Gasteiger partial charge in [-0.15, -0.1) is 0 Å². The standard InChI is InChI=1S/C18H15F3N2O4S2/c1-2-29(25,26)11-7-8-15-14(9-11)23-17(27-15)28-10-16(24)22-13-6-4-3-5-12(13)18(19,20)21/h3-9H,2,10H2,1H3,(H,22,24). The summed E-state index contributed by atoms with van der Waals surface area (Å²) in [4.78, 5) is 16.3. The molecule has 1 aromatic heterocycles. The summed E-state index contributed by atoms with van der Waals surface area (Å²) < 4.78 is 68.3. The zero-order valence-electron chi connectivity index (χ0n) is 15.0. The van der Waals surface area contributed by atoms with E-state index in [1.54, 1.807) is 0 Å². The van der Waals surface area contributed by atoms with Crippen LogP contribution in [-0.2, 0) is 20.8 Å². The van der Waals surface area contributed by atoms with Gasteiger partial charge in [0.25, 0.3) is 5.22 Å². The Morgan fingerprint density at radius 1 is 1.21 bits per heavy atom. The number of benzene rings is 2. The average molecular weight is 444 g/mol. The van der Waals surface area contributed by atoms with Crippen molar-refractivity contribution in [1.29, 1.82) is 0 Å². The number of hydrogen-bond donors (Lipinski definition) is 1. The third kappa shape index (κ3) is 4.91. The Bertz CT molecular complexity index is 1160. The molecule has 0 saturated carbocycles. The van der Waals surface area contributed by atoms with Crippen molar-refractivity contribution in [2.75, 3.05) is 16.8 Å². The van der Waals surface area contributed by atoms with Crippen molar-refractivity contribution in [2.45, 2.75) is 23.2 Å². The van der Waals surface area contributed by atoms with Gasteiger partial charge in [-0.25, -0.2) is 13.4 Å². The molecule has 0 fully saturated rings. The van der Waals surface area contributed by atoms with E-state index in [4.69, 9.17) is 4.42 Å². The van der Waals surface area contributed by atoms with Gasteiger partial charge in [-0.2, -0.15) is 13.2 Å². The molecule has 0 unspecified atom stereocenters. The van der Waals surface area contributed by atoms with E-state index in [0.29, 0.717) is 11.1 Å². The van der Waals surface area contributed by atoms with Gasteiger partial charge in [-0.1, -0.05) is 30.8 Å². The van der Waals surface area contributed by atoms with Crippen LogP contribution in [0.3, 0.4) is 0 Å². The summed E-state index contributed by atoms with van der Waals surface area (Å²) >= 11 is 0.885. The van der Waals surface area contributed by atoms with Gasteiger partial charge >= 0.3 is 6.18 Å². The lowest BCUT2D eigenvalue weighted by Crippen LogP contribution is -2.18. The first-order valence-corrected chi connectivity index (χ1v) is 11.0. The molecule has 3 rings (SSSR count). The normalized spacial score (nSPS) is 12.3. The van der Waals surface area contributed by atoms with Gasteiger partial charge in [0.2, 0.25) is 5.91 Å². The number of oxazole rings is 1. The van der Waals surface area contributed by atoms with Gasteiger partial charge in [0.05, 0.1) is 27.7 Å². The zero-order valence-corrected chi connectivity index (χ0v) is 16.6. The Kier molecular flexibility index (Phi) is 5.90. The maximum atomic E-state index is 13.0. The first-order chi connectivity index (χ1) is 13.6. The quantitative estimate of drug-likeness (QED) is 0.568. The second-order valence-electron chi connectivity index (χ2n) is 5.89. The minimum atomic E-state index is -4.59. The number of sulfone groups is 1. The third-order valence-corrected chi connectivity index (χ3v) is 6.47. The molecule has 1 N–H and O–H groups in total. The number of carbonyl (C=O) groups excluding carboxylic acids is 1. The summed E-state index contributed by atoms with van der Waals surface area (Å²) in [6.45, 7) is 1.53. The minimum absolute atomic E-state index is 0.0580. The molecule has 0 aliphatic carbocycles. The highest BCUT2D eigenvalue weighted by Gasteiger charge is 2.33. The highest BCUT2D eigenvalue weighted by atomic mass is 32.2. The lowest BCUT2D eigenvalue weighted by Gasteiger charge is -2.13. The van der Waals surface area contributed by atoms with Gasteiger partial charge in [-0.05, 0) is 30.3 Å². The number of carbonyl (C=O) groups is 1. The molecular formula is C18H15F3N2O4S2. The first kappa shape index (κ1) is 21.2. The summed E-state index contributed by atoms with van der Waals surface area (Å²) in [5.74, 6) is -0.959. The number of halogens is 3. The van der Waals surface area contributed by atoms with Crippen LogP contribution in [0.5, 0.6) is 0 Å². The molecule has 0 bridgehead atoms. The smallest absolute Gasteiger partial charge is 0.418 e. The van der Waals surface area contributed by atoms with Crippen LogP contribution in [0.2, 0.25) is 0 Å². The number of nitrogens with one attached hydrogen (secondary N) is 1. The van der Waals surface area contributed by atoms with E-state index in [9.17, 15) is 26.4 Å². The number of fused-ring (bicyclic) bond motifs is 1. The second kappa shape index (κ2) is 8.07. The second-order valence-corrected chi connectivity index (χ2v) is 9.10. The fourth-order valence-electron chi connectivity index (χ4n) is 2.46. The van der Waals surface area contributed by atoms with Crippen LogP contribution in [0.4, 0.5) is 18.9 Å². The molecule has 0 saturated heterocycles. The fraction of sp³-hybridized carbons (Fsp3) is 0.222. The Morgan fingerprint density at radius 2 is 1.93 bits per heavy atom. The van der Waals surface area contributed by atoms with Crippen LogP contribution in [0.15, 0.2) is 57.0 Å². The molecule has 11 heteroatoms. The van der Waals surface area contributed by atoms with E-state index < -0.39 is 27.5 Å². The largest absolute Gasteiger partial charge is 0.431 e. The molecule has 1 amide bonds. The number of anilines is 1. The molecule has 0 radical (unpaired) electrons. The van der Waals surface area contributed by atoms with Gasteiger partial charge < -0.3 is 9.73 Å². The molecule has 0 atom stereocenters. The molecule has 29 heavy (non-hydrogen) atoms. The van der Waals surface area contributed by atoms with E-state index in [-0.39, 0.29) is 27.3 Å². The average Bonchev–Trinajstić information content (AvgIpc) is 3.08. The van der Waals surface area contributed by atoms with Crippen molar-refractivity contribution < 1.29 is 30.8 Å². The summed E-state index contributed by atoms with van der Waals surface area (Å²) in [5.41, 5.74) is -0.627. The van der Waals surface area contributed by atoms with Gasteiger partial charge in [0.1, 0.15) is 5.52 Å². The van der Waals surface area contributed by atoms with Crippen LogP contribution >= 0.6 is 11.8 Å². The van der Waals surface area contributed by atoms with Crippen LogP contribution < -0.4 is 5.32 Å². The van der Waals surface area contributed by atoms with Gasteiger partial charge in [0.15, 0.2) is 15.4 Å². The number of rotatable bonds is 6. The number of nitrogens with zero attached hydrogens (tertiary/aromatic N) is 1. The van der Waals surface area contributed by atoms with E-state index in [1.807, 2.05) is 0 Å². The molecule has 3 aromatic rings. The molecule has 6 nitrogen and oxygen atoms in total. The van der Waals surface area contributed by atoms with E-state index in [2.05, 4.69) is 10.3 Å². The highest BCUT2D eigenvalue weighted by molar-refractivity contribution is 7.99. The number of hydrogen-bond acceptors (Lipinski definition) is 6. The lowest BCUT2D eigenvalue weighted by molar-refractivity contribution is -0.137. The van der Waals surface area contributed by atoms with Crippen LogP contribution in [0.1, 0.15) is 12.5 Å². The van der Waals surface area contributed by atoms with Gasteiger partial charge in [-0.3, -0.25) is 4.79 Å². The topological polar surface area (TPSA) is 89.3 Å². The lowest BCUT2D eigenvalue weighted by atomic mass is 10.1. The zero-order chi connectivity index (χ0) is 21.2. The summed E-state index contributed by atoms with van der Waals surface area (Å²) in [5, 5.41) is 2.33.